The molecule has 3 N–H and O–H groups in total. The summed E-state index contributed by atoms with van der Waals surface area (Å²) in [5, 5.41) is 31.3. The lowest BCUT2D eigenvalue weighted by Gasteiger charge is -2.29. The summed E-state index contributed by atoms with van der Waals surface area (Å²) in [6.07, 6.45) is -9.86. The fourth-order valence-corrected chi connectivity index (χ4v) is 8.50. The van der Waals surface area contributed by atoms with E-state index in [-0.39, 0.29) is 71.4 Å². The van der Waals surface area contributed by atoms with Gasteiger partial charge in [-0.2, -0.15) is 26.3 Å². The first-order chi connectivity index (χ1) is 35.2. The molecule has 0 spiro atoms. The highest BCUT2D eigenvalue weighted by Gasteiger charge is 2.65. The van der Waals surface area contributed by atoms with E-state index in [0.29, 0.717) is 5.56 Å². The second-order valence-electron chi connectivity index (χ2n) is 16.9. The number of ether oxygens (including phenoxy) is 3. The second-order valence-corrected chi connectivity index (χ2v) is 16.9. The van der Waals surface area contributed by atoms with Gasteiger partial charge in [-0.25, -0.2) is 19.2 Å². The van der Waals surface area contributed by atoms with Crippen molar-refractivity contribution in [1.29, 1.82) is 0 Å². The molecule has 0 aliphatic rings. The van der Waals surface area contributed by atoms with E-state index in [1.807, 2.05) is 6.07 Å². The third-order valence-corrected chi connectivity index (χ3v) is 12.1. The van der Waals surface area contributed by atoms with Gasteiger partial charge >= 0.3 is 36.2 Å². The molecule has 0 saturated heterocycles. The highest BCUT2D eigenvalue weighted by Crippen LogP contribution is 2.47. The first-order valence-corrected chi connectivity index (χ1v) is 23.0. The van der Waals surface area contributed by atoms with Crippen molar-refractivity contribution in [3.05, 3.63) is 214 Å². The Balaban J connectivity index is 0.000000216. The van der Waals surface area contributed by atoms with Crippen molar-refractivity contribution in [1.82, 2.24) is 9.13 Å². The van der Waals surface area contributed by atoms with Gasteiger partial charge in [0.05, 0.1) is 24.3 Å². The van der Waals surface area contributed by atoms with Crippen LogP contribution in [-0.4, -0.2) is 73.9 Å². The molecule has 0 amide bonds. The number of carboxylic acid groups (broad SMARTS) is 1. The molecule has 0 fully saturated rings. The van der Waals surface area contributed by atoms with E-state index in [2.05, 4.69) is 4.74 Å². The first-order valence-electron chi connectivity index (χ1n) is 23.0. The van der Waals surface area contributed by atoms with E-state index >= 15 is 0 Å². The van der Waals surface area contributed by atoms with Crippen LogP contribution in [-0.2, 0) is 61.1 Å². The SMILES string of the molecule is CCOC(=O)C(O)(c1c(Cc2ccccc2)n(Cc2ccccc2)c2ccc(C(=O)O)cc12)C(F)(F)F.CCOC(=O)C(O)(c1cn(Cc2ccccc2)c2ccc(C(=O)OCc3ccccc3)cc12)C(F)(F)F. The van der Waals surface area contributed by atoms with Gasteiger partial charge in [0, 0.05) is 64.3 Å². The number of aromatic nitrogens is 2. The minimum Gasteiger partial charge on any atom is -0.478 e. The van der Waals surface area contributed by atoms with Crippen molar-refractivity contribution in [3.63, 3.8) is 0 Å². The van der Waals surface area contributed by atoms with Gasteiger partial charge in [-0.05, 0) is 72.5 Å². The van der Waals surface area contributed by atoms with Crippen molar-refractivity contribution in [2.45, 2.75) is 63.5 Å². The van der Waals surface area contributed by atoms with Crippen LogP contribution in [0.5, 0.6) is 0 Å². The zero-order chi connectivity index (χ0) is 53.4. The van der Waals surface area contributed by atoms with Gasteiger partial charge < -0.3 is 38.7 Å². The van der Waals surface area contributed by atoms with Crippen LogP contribution in [0.4, 0.5) is 26.3 Å². The molecule has 0 radical (unpaired) electrons. The number of carbonyl (C=O) groups excluding carboxylic acids is 3. The number of esters is 3. The Hall–Kier alpha value is -8.22. The third kappa shape index (κ3) is 11.1. The van der Waals surface area contributed by atoms with E-state index in [0.717, 1.165) is 29.0 Å². The molecule has 2 aromatic heterocycles. The highest BCUT2D eigenvalue weighted by atomic mass is 19.4. The molecular formula is C56H48F6N2O10. The third-order valence-electron chi connectivity index (χ3n) is 12.1. The fraction of sp³-hybridized carbons (Fsp3) is 0.214. The average Bonchev–Trinajstić information content (AvgIpc) is 3.89. The summed E-state index contributed by atoms with van der Waals surface area (Å²) in [4.78, 5) is 49.8. The van der Waals surface area contributed by atoms with E-state index < -0.39 is 65.2 Å². The normalized spacial score (nSPS) is 13.3. The smallest absolute Gasteiger partial charge is 0.432 e. The molecule has 8 rings (SSSR count). The number of benzene rings is 6. The van der Waals surface area contributed by atoms with E-state index in [9.17, 15) is 60.8 Å². The van der Waals surface area contributed by atoms with Crippen LogP contribution in [0.1, 0.15) is 73.6 Å². The van der Waals surface area contributed by atoms with Crippen molar-refractivity contribution in [2.75, 3.05) is 13.2 Å². The Bertz CT molecular complexity index is 3270. The molecule has 12 nitrogen and oxygen atoms in total. The summed E-state index contributed by atoms with van der Waals surface area (Å²) in [7, 11) is 0. The Morgan fingerprint density at radius 1 is 0.527 bits per heavy atom. The van der Waals surface area contributed by atoms with E-state index in [1.54, 1.807) is 120 Å². The van der Waals surface area contributed by atoms with Crippen LogP contribution in [0.25, 0.3) is 21.8 Å². The second kappa shape index (κ2) is 22.3. The van der Waals surface area contributed by atoms with Crippen LogP contribution in [0.15, 0.2) is 164 Å². The molecule has 8 aromatic rings. The Labute approximate surface area is 419 Å². The maximum absolute atomic E-state index is 14.6. The largest absolute Gasteiger partial charge is 0.478 e. The number of hydrogen-bond donors (Lipinski definition) is 3. The summed E-state index contributed by atoms with van der Waals surface area (Å²) in [6, 6.07) is 43.3. The van der Waals surface area contributed by atoms with Gasteiger partial charge in [-0.3, -0.25) is 0 Å². The topological polar surface area (TPSA) is 167 Å². The molecule has 18 heteroatoms. The summed E-state index contributed by atoms with van der Waals surface area (Å²) in [6.45, 7) is 2.16. The average molecular weight is 1020 g/mol. The number of aromatic carboxylic acids is 1. The number of nitrogens with zero attached hydrogens (tertiary/aromatic N) is 2. The number of alkyl halides is 6. The molecular weight excluding hydrogens is 975 g/mol. The minimum absolute atomic E-state index is 0.0143. The molecule has 0 aliphatic heterocycles. The predicted molar refractivity (Wildman–Crippen MR) is 260 cm³/mol. The van der Waals surface area contributed by atoms with Crippen LogP contribution in [0, 0.1) is 0 Å². The lowest BCUT2D eigenvalue weighted by molar-refractivity contribution is -0.268. The van der Waals surface area contributed by atoms with Gasteiger partial charge in [0.1, 0.15) is 6.61 Å². The number of carbonyl (C=O) groups is 4. The van der Waals surface area contributed by atoms with E-state index in [4.69, 9.17) is 9.47 Å². The highest BCUT2D eigenvalue weighted by molar-refractivity contribution is 6.00. The zero-order valence-electron chi connectivity index (χ0n) is 39.7. The van der Waals surface area contributed by atoms with Crippen molar-refractivity contribution < 1.29 is 75.1 Å². The van der Waals surface area contributed by atoms with Gasteiger partial charge in [-0.1, -0.05) is 121 Å². The number of rotatable bonds is 16. The summed E-state index contributed by atoms with van der Waals surface area (Å²) in [5.41, 5.74) is -6.33. The molecule has 0 saturated carbocycles. The molecule has 0 bridgehead atoms. The first kappa shape index (κ1) is 53.6. The number of carboxylic acids is 1. The number of aliphatic hydroxyl groups is 2. The lowest BCUT2D eigenvalue weighted by Crippen LogP contribution is -2.50. The Morgan fingerprint density at radius 3 is 1.50 bits per heavy atom. The maximum atomic E-state index is 14.6. The molecule has 0 aliphatic carbocycles. The summed E-state index contributed by atoms with van der Waals surface area (Å²) in [5.74, 6) is -5.85. The molecule has 2 heterocycles. The molecule has 74 heavy (non-hydrogen) atoms. The van der Waals surface area contributed by atoms with Crippen molar-refractivity contribution >= 4 is 45.7 Å². The van der Waals surface area contributed by atoms with Gasteiger partial charge in [-0.15, -0.1) is 0 Å². The number of halogens is 6. The summed E-state index contributed by atoms with van der Waals surface area (Å²) < 4.78 is 104. The fourth-order valence-electron chi connectivity index (χ4n) is 8.50. The Kier molecular flexibility index (Phi) is 16.1. The van der Waals surface area contributed by atoms with Gasteiger partial charge in [0.2, 0.25) is 0 Å². The monoisotopic (exact) mass is 1020 g/mol. The Morgan fingerprint density at radius 2 is 0.986 bits per heavy atom. The quantitative estimate of drug-likeness (QED) is 0.0482. The number of fused-ring (bicyclic) bond motifs is 2. The van der Waals surface area contributed by atoms with Crippen LogP contribution >= 0.6 is 0 Å². The molecule has 6 aromatic carbocycles. The van der Waals surface area contributed by atoms with E-state index in [1.165, 1.54) is 48.7 Å². The number of hydrogen-bond acceptors (Lipinski definition) is 9. The summed E-state index contributed by atoms with van der Waals surface area (Å²) >= 11 is 0. The standard InChI is InChI=1S/2C28H24F3NO5/c1-2-36-26(34)27(35,28(29,30)31)23-17-32(16-19-9-5-3-6-10-19)24-14-13-21(15-22(23)24)25(33)37-18-20-11-7-4-8-12-20;1-2-37-26(35)27(36,28(29,30)31)24-21-16-20(25(33)34)13-14-22(21)32(17-19-11-7-4-8-12-19)23(24)15-18-9-5-3-6-10-18/h3-15,17,35H,2,16,18H2,1H3;3-14,16,36H,2,15,17H2,1H3,(H,33,34). The van der Waals surface area contributed by atoms with Crippen LogP contribution in [0.2, 0.25) is 0 Å². The van der Waals surface area contributed by atoms with Crippen molar-refractivity contribution in [2.24, 2.45) is 0 Å². The van der Waals surface area contributed by atoms with Crippen LogP contribution < -0.4 is 0 Å². The molecule has 2 unspecified atom stereocenters. The van der Waals surface area contributed by atoms with Gasteiger partial charge in [0.25, 0.3) is 11.2 Å². The van der Waals surface area contributed by atoms with Gasteiger partial charge in [0.15, 0.2) is 0 Å². The van der Waals surface area contributed by atoms with Crippen molar-refractivity contribution in [3.8, 4) is 0 Å². The zero-order valence-corrected chi connectivity index (χ0v) is 39.7. The maximum Gasteiger partial charge on any atom is 0.432 e. The molecule has 384 valence electrons. The minimum atomic E-state index is -5.46. The van der Waals surface area contributed by atoms with Crippen LogP contribution in [0.3, 0.4) is 0 Å². The lowest BCUT2D eigenvalue weighted by atomic mass is 9.88. The predicted octanol–water partition coefficient (Wildman–Crippen LogP) is 10.7. The molecule has 2 atom stereocenters.